The third-order valence-corrected chi connectivity index (χ3v) is 10.1. The molecule has 0 saturated carbocycles. The van der Waals surface area contributed by atoms with Gasteiger partial charge in [-0.1, -0.05) is 116 Å². The summed E-state index contributed by atoms with van der Waals surface area (Å²) in [7, 11) is 0. The van der Waals surface area contributed by atoms with Gasteiger partial charge in [0.25, 0.3) is 0 Å². The number of aromatic nitrogens is 3. The second-order valence-electron chi connectivity index (χ2n) is 13.4. The molecule has 1 aromatic heterocycles. The summed E-state index contributed by atoms with van der Waals surface area (Å²) < 4.78 is 30.6. The van der Waals surface area contributed by atoms with Crippen LogP contribution in [0.25, 0.3) is 0 Å². The topological polar surface area (TPSA) is 75.0 Å². The van der Waals surface area contributed by atoms with Gasteiger partial charge in [-0.05, 0) is 83.2 Å². The van der Waals surface area contributed by atoms with E-state index in [1.165, 1.54) is 28.8 Å². The zero-order valence-corrected chi connectivity index (χ0v) is 28.7. The monoisotopic (exact) mass is 683 g/mol. The number of aliphatic hydroxyl groups excluding tert-OH is 1. The van der Waals surface area contributed by atoms with Crippen LogP contribution < -0.4 is 10.6 Å². The van der Waals surface area contributed by atoms with Gasteiger partial charge in [-0.3, -0.25) is 0 Å². The maximum absolute atomic E-state index is 14.4. The third kappa shape index (κ3) is 7.34. The van der Waals surface area contributed by atoms with Crippen LogP contribution in [0.4, 0.5) is 14.7 Å². The van der Waals surface area contributed by atoms with Gasteiger partial charge in [0, 0.05) is 18.7 Å². The van der Waals surface area contributed by atoms with Crippen molar-refractivity contribution >= 4 is 5.95 Å². The van der Waals surface area contributed by atoms with Crippen LogP contribution in [-0.2, 0) is 24.8 Å². The summed E-state index contributed by atoms with van der Waals surface area (Å²) in [6, 6.07) is 40.1. The average Bonchev–Trinajstić information content (AvgIpc) is 3.63. The van der Waals surface area contributed by atoms with Gasteiger partial charge in [0.2, 0.25) is 5.95 Å². The first-order chi connectivity index (χ1) is 24.9. The van der Waals surface area contributed by atoms with Crippen molar-refractivity contribution in [1.29, 1.82) is 0 Å². The largest absolute Gasteiger partial charge is 0.390 e. The lowest BCUT2D eigenvalue weighted by Crippen LogP contribution is -2.44. The molecule has 1 heterocycles. The fourth-order valence-electron chi connectivity index (χ4n) is 7.54. The average molecular weight is 684 g/mol. The fraction of sp³-hybridized carbons (Fsp3) is 0.256. The van der Waals surface area contributed by atoms with E-state index in [0.717, 1.165) is 48.4 Å². The van der Waals surface area contributed by atoms with Gasteiger partial charge in [-0.15, -0.1) is 5.10 Å². The SMILES string of the molecule is CCc1ccc2c(c1)C(NCC(O)C(Cc1cc(F)cc(F)c1)Nc1ncn(C(c3ccccc3)(c3ccccc3)c3ccccc3)n1)CCC2. The molecule has 0 aliphatic heterocycles. The minimum absolute atomic E-state index is 0.0998. The highest BCUT2D eigenvalue weighted by Gasteiger charge is 2.40. The van der Waals surface area contributed by atoms with E-state index in [2.05, 4.69) is 72.2 Å². The number of nitrogens with one attached hydrogen (secondary N) is 2. The van der Waals surface area contributed by atoms with Crippen molar-refractivity contribution in [3.05, 3.63) is 184 Å². The van der Waals surface area contributed by atoms with Crippen molar-refractivity contribution in [2.24, 2.45) is 0 Å². The molecule has 3 atom stereocenters. The van der Waals surface area contributed by atoms with Crippen LogP contribution in [0.5, 0.6) is 0 Å². The van der Waals surface area contributed by atoms with Crippen molar-refractivity contribution in [3.63, 3.8) is 0 Å². The molecule has 0 fully saturated rings. The molecular weight excluding hydrogens is 641 g/mol. The predicted molar refractivity (Wildman–Crippen MR) is 198 cm³/mol. The summed E-state index contributed by atoms with van der Waals surface area (Å²) in [5.74, 6) is -1.04. The third-order valence-electron chi connectivity index (χ3n) is 10.1. The number of hydrogen-bond acceptors (Lipinski definition) is 5. The van der Waals surface area contributed by atoms with Crippen molar-refractivity contribution < 1.29 is 13.9 Å². The van der Waals surface area contributed by atoms with E-state index in [4.69, 9.17) is 10.1 Å². The number of rotatable bonds is 13. The number of fused-ring (bicyclic) bond motifs is 1. The molecule has 7 rings (SSSR count). The molecule has 6 aromatic rings. The molecule has 5 aromatic carbocycles. The van der Waals surface area contributed by atoms with Crippen LogP contribution in [0.15, 0.2) is 134 Å². The molecule has 3 N–H and O–H groups in total. The molecule has 1 aliphatic rings. The quantitative estimate of drug-likeness (QED) is 0.108. The first-order valence-corrected chi connectivity index (χ1v) is 17.8. The number of aryl methyl sites for hydroxylation is 2. The number of halogens is 2. The van der Waals surface area contributed by atoms with E-state index >= 15 is 0 Å². The summed E-state index contributed by atoms with van der Waals surface area (Å²) in [6.45, 7) is 2.42. The highest BCUT2D eigenvalue weighted by molar-refractivity contribution is 5.50. The number of benzene rings is 5. The van der Waals surface area contributed by atoms with Gasteiger partial charge in [0.15, 0.2) is 0 Å². The van der Waals surface area contributed by atoms with E-state index in [1.807, 2.05) is 59.3 Å². The predicted octanol–water partition coefficient (Wildman–Crippen LogP) is 8.01. The van der Waals surface area contributed by atoms with Crippen molar-refractivity contribution in [2.75, 3.05) is 11.9 Å². The minimum atomic E-state index is -0.940. The Bertz CT molecular complexity index is 1920. The number of nitrogens with zero attached hydrogens (tertiary/aromatic N) is 3. The van der Waals surface area contributed by atoms with Crippen molar-refractivity contribution in [2.45, 2.75) is 62.8 Å². The second-order valence-corrected chi connectivity index (χ2v) is 13.4. The Morgan fingerprint density at radius 2 is 1.41 bits per heavy atom. The Morgan fingerprint density at radius 3 is 2.00 bits per heavy atom. The lowest BCUT2D eigenvalue weighted by molar-refractivity contribution is 0.143. The van der Waals surface area contributed by atoms with Gasteiger partial charge in [-0.2, -0.15) is 0 Å². The summed E-state index contributed by atoms with van der Waals surface area (Å²) in [6.07, 6.45) is 4.93. The summed E-state index contributed by atoms with van der Waals surface area (Å²) in [4.78, 5) is 4.72. The van der Waals surface area contributed by atoms with Crippen LogP contribution in [0.2, 0.25) is 0 Å². The lowest BCUT2D eigenvalue weighted by Gasteiger charge is -2.35. The smallest absolute Gasteiger partial charge is 0.242 e. The Kier molecular flexibility index (Phi) is 10.3. The highest BCUT2D eigenvalue weighted by Crippen LogP contribution is 2.40. The second kappa shape index (κ2) is 15.4. The Labute approximate surface area is 298 Å². The number of hydrogen-bond donors (Lipinski definition) is 3. The van der Waals surface area contributed by atoms with E-state index in [-0.39, 0.29) is 19.0 Å². The van der Waals surface area contributed by atoms with Gasteiger partial charge >= 0.3 is 0 Å². The molecule has 8 heteroatoms. The first kappa shape index (κ1) is 34.3. The lowest BCUT2D eigenvalue weighted by atomic mass is 9.77. The summed E-state index contributed by atoms with van der Waals surface area (Å²) >= 11 is 0. The van der Waals surface area contributed by atoms with Crippen LogP contribution in [-0.4, -0.2) is 38.6 Å². The molecule has 51 heavy (non-hydrogen) atoms. The Morgan fingerprint density at radius 1 is 0.804 bits per heavy atom. The molecule has 260 valence electrons. The fourth-order valence-corrected chi connectivity index (χ4v) is 7.54. The maximum Gasteiger partial charge on any atom is 0.242 e. The van der Waals surface area contributed by atoms with E-state index in [1.54, 1.807) is 6.33 Å². The van der Waals surface area contributed by atoms with Gasteiger partial charge in [0.1, 0.15) is 23.5 Å². The molecule has 0 spiro atoms. The molecule has 6 nitrogen and oxygen atoms in total. The van der Waals surface area contributed by atoms with Crippen LogP contribution in [0, 0.1) is 11.6 Å². The van der Waals surface area contributed by atoms with Crippen molar-refractivity contribution in [1.82, 2.24) is 20.1 Å². The first-order valence-electron chi connectivity index (χ1n) is 17.8. The van der Waals surface area contributed by atoms with Gasteiger partial charge in [0.05, 0.1) is 12.1 Å². The van der Waals surface area contributed by atoms with Crippen molar-refractivity contribution in [3.8, 4) is 0 Å². The van der Waals surface area contributed by atoms with Gasteiger partial charge in [-0.25, -0.2) is 18.4 Å². The Hall–Kier alpha value is -5.18. The minimum Gasteiger partial charge on any atom is -0.390 e. The number of anilines is 1. The van der Waals surface area contributed by atoms with Crippen LogP contribution in [0.3, 0.4) is 0 Å². The summed E-state index contributed by atoms with van der Waals surface area (Å²) in [5.41, 5.74) is 6.44. The molecule has 0 bridgehead atoms. The van der Waals surface area contributed by atoms with E-state index < -0.39 is 29.3 Å². The zero-order chi connectivity index (χ0) is 35.2. The highest BCUT2D eigenvalue weighted by atomic mass is 19.1. The molecule has 1 aliphatic carbocycles. The standard InChI is InChI=1S/C43H43F2N5O/c1-2-30-21-22-32-13-12-20-39(38(32)25-30)46-28-41(51)40(26-31-23-36(44)27-37(45)24-31)48-42-47-29-50(49-42)43(33-14-6-3-7-15-33,34-16-8-4-9-17-34)35-18-10-5-11-19-35/h3-11,14-19,21-25,27,29,39-41,46,51H,2,12-13,20,26,28H2,1H3,(H,48,49). The molecular formula is C43H43F2N5O. The molecule has 0 amide bonds. The summed E-state index contributed by atoms with van der Waals surface area (Å²) in [5, 5.41) is 23.8. The van der Waals surface area contributed by atoms with Gasteiger partial charge < -0.3 is 15.7 Å². The maximum atomic E-state index is 14.4. The van der Waals surface area contributed by atoms with Crippen LogP contribution >= 0.6 is 0 Å². The number of aliphatic hydroxyl groups is 1. The molecule has 3 unspecified atom stereocenters. The van der Waals surface area contributed by atoms with E-state index in [0.29, 0.717) is 11.5 Å². The van der Waals surface area contributed by atoms with Crippen LogP contribution in [0.1, 0.15) is 64.8 Å². The molecule has 0 radical (unpaired) electrons. The molecule has 0 saturated heterocycles. The van der Waals surface area contributed by atoms with E-state index in [9.17, 15) is 13.9 Å². The normalized spacial score (nSPS) is 15.6. The zero-order valence-electron chi connectivity index (χ0n) is 28.7. The Balaban J connectivity index is 1.22.